The van der Waals surface area contributed by atoms with Gasteiger partial charge in [-0.05, 0) is 18.2 Å². The van der Waals surface area contributed by atoms with E-state index in [4.69, 9.17) is 10.8 Å². The Bertz CT molecular complexity index is 634. The highest BCUT2D eigenvalue weighted by atomic mass is 32.2. The van der Waals surface area contributed by atoms with E-state index >= 15 is 0 Å². The molecule has 0 saturated carbocycles. The molecule has 1 saturated heterocycles. The molecule has 0 aliphatic carbocycles. The van der Waals surface area contributed by atoms with Crippen molar-refractivity contribution in [3.05, 3.63) is 23.8 Å². The number of carboxylic acids is 1. The second-order valence-corrected chi connectivity index (χ2v) is 6.42. The van der Waals surface area contributed by atoms with E-state index < -0.39 is 38.7 Å². The van der Waals surface area contributed by atoms with Crippen LogP contribution in [0.1, 0.15) is 10.4 Å². The van der Waals surface area contributed by atoms with Gasteiger partial charge in [0, 0.05) is 18.8 Å². The Hall–Kier alpha value is -1.68. The van der Waals surface area contributed by atoms with Crippen LogP contribution in [-0.4, -0.2) is 59.3 Å². The fourth-order valence-electron chi connectivity index (χ4n) is 2.01. The first-order valence-corrected chi connectivity index (χ1v) is 7.16. The number of rotatable bonds is 3. The second kappa shape index (κ2) is 5.02. The zero-order valence-electron chi connectivity index (χ0n) is 10.3. The molecule has 0 radical (unpaired) electrons. The van der Waals surface area contributed by atoms with E-state index in [0.29, 0.717) is 0 Å². The van der Waals surface area contributed by atoms with Crippen LogP contribution in [0, 0.1) is 0 Å². The summed E-state index contributed by atoms with van der Waals surface area (Å²) in [5, 5.41) is 27.9. The number of sulfonamides is 1. The molecule has 2 atom stereocenters. The fraction of sp³-hybridized carbons (Fsp3) is 0.364. The second-order valence-electron chi connectivity index (χ2n) is 4.52. The molecule has 9 heteroatoms. The van der Waals surface area contributed by atoms with Gasteiger partial charge < -0.3 is 21.1 Å². The molecule has 2 rings (SSSR count). The highest BCUT2D eigenvalue weighted by molar-refractivity contribution is 7.89. The van der Waals surface area contributed by atoms with Gasteiger partial charge in [-0.1, -0.05) is 0 Å². The summed E-state index contributed by atoms with van der Waals surface area (Å²) in [6.45, 7) is -0.570. The smallest absolute Gasteiger partial charge is 0.337 e. The van der Waals surface area contributed by atoms with Crippen molar-refractivity contribution in [2.75, 3.05) is 18.8 Å². The number of nitrogens with two attached hydrogens (primary N) is 1. The Morgan fingerprint density at radius 2 is 1.80 bits per heavy atom. The largest absolute Gasteiger partial charge is 0.478 e. The van der Waals surface area contributed by atoms with Crippen LogP contribution in [0.2, 0.25) is 0 Å². The molecule has 8 nitrogen and oxygen atoms in total. The summed E-state index contributed by atoms with van der Waals surface area (Å²) in [6, 6.07) is 3.44. The Morgan fingerprint density at radius 1 is 1.25 bits per heavy atom. The monoisotopic (exact) mass is 302 g/mol. The topological polar surface area (TPSA) is 141 Å². The van der Waals surface area contributed by atoms with Crippen LogP contribution in [-0.2, 0) is 10.0 Å². The average Bonchev–Trinajstić information content (AvgIpc) is 2.70. The van der Waals surface area contributed by atoms with Gasteiger partial charge in [-0.15, -0.1) is 0 Å². The number of aliphatic hydroxyl groups is 2. The molecular formula is C11H14N2O6S. The molecule has 1 aromatic rings. The van der Waals surface area contributed by atoms with Gasteiger partial charge in [-0.2, -0.15) is 4.31 Å². The minimum Gasteiger partial charge on any atom is -0.478 e. The van der Waals surface area contributed by atoms with E-state index in [-0.39, 0.29) is 18.8 Å². The number of anilines is 1. The quantitative estimate of drug-likeness (QED) is 0.508. The first kappa shape index (κ1) is 14.7. The molecule has 1 aromatic carbocycles. The van der Waals surface area contributed by atoms with Gasteiger partial charge >= 0.3 is 5.97 Å². The average molecular weight is 302 g/mol. The van der Waals surface area contributed by atoms with E-state index in [2.05, 4.69) is 0 Å². The normalized spacial score (nSPS) is 23.9. The fourth-order valence-corrected chi connectivity index (χ4v) is 3.65. The van der Waals surface area contributed by atoms with E-state index in [1.165, 1.54) is 6.07 Å². The van der Waals surface area contributed by atoms with Crippen LogP contribution < -0.4 is 5.73 Å². The summed E-state index contributed by atoms with van der Waals surface area (Å²) >= 11 is 0. The molecule has 1 fully saturated rings. The number of β-amino-alcohol motifs (C(OH)–C–C–N with tert-alkyl or cyclic N) is 2. The highest BCUT2D eigenvalue weighted by Crippen LogP contribution is 2.25. The van der Waals surface area contributed by atoms with Gasteiger partial charge in [-0.25, -0.2) is 13.2 Å². The molecule has 110 valence electrons. The minimum absolute atomic E-state index is 0.128. The summed E-state index contributed by atoms with van der Waals surface area (Å²) in [6.07, 6.45) is -2.38. The lowest BCUT2D eigenvalue weighted by molar-refractivity contribution is 0.0572. The Balaban J connectivity index is 2.48. The molecule has 0 spiro atoms. The molecule has 1 aliphatic heterocycles. The molecule has 1 aliphatic rings. The highest BCUT2D eigenvalue weighted by Gasteiger charge is 2.39. The number of carbonyl (C=O) groups is 1. The van der Waals surface area contributed by atoms with Crippen molar-refractivity contribution in [2.24, 2.45) is 0 Å². The number of nitrogens with zero attached hydrogens (tertiary/aromatic N) is 1. The number of hydrogen-bond donors (Lipinski definition) is 4. The zero-order chi connectivity index (χ0) is 15.1. The van der Waals surface area contributed by atoms with Gasteiger partial charge in [0.05, 0.1) is 22.7 Å². The molecule has 0 unspecified atom stereocenters. The first-order chi connectivity index (χ1) is 9.23. The van der Waals surface area contributed by atoms with Crippen molar-refractivity contribution in [2.45, 2.75) is 17.1 Å². The lowest BCUT2D eigenvalue weighted by atomic mass is 10.2. The Kier molecular flexibility index (Phi) is 3.69. The van der Waals surface area contributed by atoms with Crippen molar-refractivity contribution in [3.63, 3.8) is 0 Å². The zero-order valence-corrected chi connectivity index (χ0v) is 11.1. The molecule has 20 heavy (non-hydrogen) atoms. The number of carboxylic acid groups (broad SMARTS) is 1. The minimum atomic E-state index is -4.12. The van der Waals surface area contributed by atoms with Crippen LogP contribution in [0.15, 0.2) is 23.1 Å². The van der Waals surface area contributed by atoms with Gasteiger partial charge in [0.25, 0.3) is 0 Å². The van der Waals surface area contributed by atoms with Crippen LogP contribution in [0.3, 0.4) is 0 Å². The summed E-state index contributed by atoms with van der Waals surface area (Å²) in [7, 11) is -4.12. The summed E-state index contributed by atoms with van der Waals surface area (Å²) in [5.41, 5.74) is 5.14. The molecule has 0 aromatic heterocycles. The third-order valence-corrected chi connectivity index (χ3v) is 4.97. The Morgan fingerprint density at radius 3 is 2.30 bits per heavy atom. The lowest BCUT2D eigenvalue weighted by Gasteiger charge is -2.17. The van der Waals surface area contributed by atoms with Crippen molar-refractivity contribution in [1.29, 1.82) is 0 Å². The Labute approximate surface area is 115 Å². The molecule has 1 heterocycles. The standard InChI is InChI=1S/C11H14N2O6S/c12-6-1-2-10(7(3-6)11(16)17)20(18,19)13-4-8(14)9(15)5-13/h1-3,8-9,14-15H,4-5,12H2,(H,16,17)/t8-,9+. The maximum absolute atomic E-state index is 12.4. The van der Waals surface area contributed by atoms with Gasteiger partial charge in [0.1, 0.15) is 0 Å². The number of nitrogen functional groups attached to an aromatic ring is 1. The number of benzene rings is 1. The van der Waals surface area contributed by atoms with Gasteiger partial charge in [-0.3, -0.25) is 0 Å². The predicted octanol–water partition coefficient (Wildman–Crippen LogP) is -1.31. The molecular weight excluding hydrogens is 288 g/mol. The third-order valence-electron chi connectivity index (χ3n) is 3.08. The molecule has 5 N–H and O–H groups in total. The van der Waals surface area contributed by atoms with E-state index in [1.54, 1.807) is 0 Å². The van der Waals surface area contributed by atoms with Gasteiger partial charge in [0.15, 0.2) is 0 Å². The summed E-state index contributed by atoms with van der Waals surface area (Å²) in [4.78, 5) is 10.7. The summed E-state index contributed by atoms with van der Waals surface area (Å²) in [5.74, 6) is -1.42. The van der Waals surface area contributed by atoms with E-state index in [9.17, 15) is 23.4 Å². The lowest BCUT2D eigenvalue weighted by Crippen LogP contribution is -2.31. The van der Waals surface area contributed by atoms with Crippen molar-refractivity contribution in [1.82, 2.24) is 4.31 Å². The van der Waals surface area contributed by atoms with E-state index in [0.717, 1.165) is 16.4 Å². The maximum Gasteiger partial charge on any atom is 0.337 e. The number of hydrogen-bond acceptors (Lipinski definition) is 6. The maximum atomic E-state index is 12.4. The van der Waals surface area contributed by atoms with Crippen LogP contribution in [0.4, 0.5) is 5.69 Å². The first-order valence-electron chi connectivity index (χ1n) is 5.72. The SMILES string of the molecule is Nc1ccc(S(=O)(=O)N2C[C@@H](O)[C@@H](O)C2)c(C(=O)O)c1. The number of aromatic carboxylic acids is 1. The van der Waals surface area contributed by atoms with Crippen molar-refractivity contribution < 1.29 is 28.5 Å². The van der Waals surface area contributed by atoms with Gasteiger partial charge in [0.2, 0.25) is 10.0 Å². The molecule has 0 bridgehead atoms. The van der Waals surface area contributed by atoms with Crippen LogP contribution in [0.25, 0.3) is 0 Å². The summed E-state index contributed by atoms with van der Waals surface area (Å²) < 4.78 is 25.6. The van der Waals surface area contributed by atoms with Crippen molar-refractivity contribution in [3.8, 4) is 0 Å². The van der Waals surface area contributed by atoms with E-state index in [1.807, 2.05) is 0 Å². The number of aliphatic hydroxyl groups excluding tert-OH is 2. The van der Waals surface area contributed by atoms with Crippen LogP contribution >= 0.6 is 0 Å². The molecule has 0 amide bonds. The van der Waals surface area contributed by atoms with Crippen LogP contribution in [0.5, 0.6) is 0 Å². The predicted molar refractivity (Wildman–Crippen MR) is 68.6 cm³/mol. The third kappa shape index (κ3) is 2.48. The van der Waals surface area contributed by atoms with Crippen molar-refractivity contribution >= 4 is 21.7 Å².